The third-order valence-corrected chi connectivity index (χ3v) is 1.41. The Balaban J connectivity index is 0.000000671. The van der Waals surface area contributed by atoms with Gasteiger partial charge in [-0.2, -0.15) is 0 Å². The second kappa shape index (κ2) is 6.43. The Bertz CT molecular complexity index is 233. The van der Waals surface area contributed by atoms with Crippen LogP contribution < -0.4 is 5.73 Å². The molecule has 1 aromatic heterocycles. The van der Waals surface area contributed by atoms with Gasteiger partial charge in [0.25, 0.3) is 0 Å². The Kier molecular flexibility index (Phi) is 5.89. The number of hydrogen-bond acceptors (Lipinski definition) is 3. The van der Waals surface area contributed by atoms with Crippen LogP contribution in [0.5, 0.6) is 0 Å². The van der Waals surface area contributed by atoms with Crippen molar-refractivity contribution in [2.75, 3.05) is 19.8 Å². The summed E-state index contributed by atoms with van der Waals surface area (Å²) in [5, 5.41) is 0. The maximum absolute atomic E-state index is 5.63. The molecule has 13 heavy (non-hydrogen) atoms. The van der Waals surface area contributed by atoms with Gasteiger partial charge in [-0.3, -0.25) is 0 Å². The summed E-state index contributed by atoms with van der Waals surface area (Å²) in [6.07, 6.45) is 1.70. The average Bonchev–Trinajstić information content (AvgIpc) is 2.12. The zero-order chi connectivity index (χ0) is 10.3. The lowest BCUT2D eigenvalue weighted by atomic mass is 10.2. The monoisotopic (exact) mass is 181 g/mol. The smallest absolute Gasteiger partial charge is 0.127 e. The summed E-state index contributed by atoms with van der Waals surface area (Å²) in [6, 6.07) is 3.89. The molecule has 0 unspecified atom stereocenters. The van der Waals surface area contributed by atoms with Crippen LogP contribution in [0.3, 0.4) is 0 Å². The van der Waals surface area contributed by atoms with Gasteiger partial charge in [-0.1, -0.05) is 19.9 Å². The molecule has 1 rings (SSSR count). The van der Waals surface area contributed by atoms with Crippen LogP contribution in [0.25, 0.3) is 0 Å². The molecule has 0 atom stereocenters. The summed E-state index contributed by atoms with van der Waals surface area (Å²) in [5.74, 6) is 0.626. The van der Waals surface area contributed by atoms with E-state index in [4.69, 9.17) is 5.73 Å². The lowest BCUT2D eigenvalue weighted by molar-refractivity contribution is 0.403. The van der Waals surface area contributed by atoms with Crippen molar-refractivity contribution in [2.45, 2.75) is 20.4 Å². The molecule has 0 aliphatic rings. The minimum absolute atomic E-state index is 0.626. The predicted octanol–water partition coefficient (Wildman–Crippen LogP) is 1.75. The zero-order valence-corrected chi connectivity index (χ0v) is 8.91. The summed E-state index contributed by atoms with van der Waals surface area (Å²) < 4.78 is 0. The van der Waals surface area contributed by atoms with E-state index in [0.29, 0.717) is 5.82 Å². The molecule has 0 radical (unpaired) electrons. The van der Waals surface area contributed by atoms with Crippen LogP contribution in [0.4, 0.5) is 5.82 Å². The molecule has 0 aromatic carbocycles. The minimum atomic E-state index is 0.626. The van der Waals surface area contributed by atoms with Gasteiger partial charge in [0.15, 0.2) is 0 Å². The van der Waals surface area contributed by atoms with E-state index in [2.05, 4.69) is 9.88 Å². The fraction of sp³-hybridized carbons (Fsp3) is 0.500. The molecule has 1 heterocycles. The highest BCUT2D eigenvalue weighted by atomic mass is 15.1. The molecule has 3 heteroatoms. The molecule has 0 aliphatic carbocycles. The van der Waals surface area contributed by atoms with Gasteiger partial charge in [0, 0.05) is 18.3 Å². The van der Waals surface area contributed by atoms with Gasteiger partial charge >= 0.3 is 0 Å². The second-order valence-electron chi connectivity index (χ2n) is 2.79. The van der Waals surface area contributed by atoms with Gasteiger partial charge in [-0.05, 0) is 20.2 Å². The predicted molar refractivity (Wildman–Crippen MR) is 57.4 cm³/mol. The van der Waals surface area contributed by atoms with Gasteiger partial charge in [0.05, 0.1) is 0 Å². The minimum Gasteiger partial charge on any atom is -0.383 e. The Labute approximate surface area is 80.6 Å². The first kappa shape index (κ1) is 11.9. The number of nitrogens with zero attached hydrogens (tertiary/aromatic N) is 2. The highest BCUT2D eigenvalue weighted by Gasteiger charge is 1.98. The highest BCUT2D eigenvalue weighted by molar-refractivity contribution is 5.38. The van der Waals surface area contributed by atoms with Crippen molar-refractivity contribution in [3.63, 3.8) is 0 Å². The van der Waals surface area contributed by atoms with E-state index in [9.17, 15) is 0 Å². The molecule has 0 aliphatic heterocycles. The molecule has 0 amide bonds. The maximum atomic E-state index is 5.63. The SMILES string of the molecule is CC.CN(C)Cc1cccnc1N. The summed E-state index contributed by atoms with van der Waals surface area (Å²) in [6.45, 7) is 4.85. The van der Waals surface area contributed by atoms with Crippen LogP contribution >= 0.6 is 0 Å². The summed E-state index contributed by atoms with van der Waals surface area (Å²) >= 11 is 0. The quantitative estimate of drug-likeness (QED) is 0.755. The Morgan fingerprint density at radius 2 is 2.00 bits per heavy atom. The average molecular weight is 181 g/mol. The van der Waals surface area contributed by atoms with Crippen molar-refractivity contribution < 1.29 is 0 Å². The van der Waals surface area contributed by atoms with E-state index in [1.54, 1.807) is 6.20 Å². The molecule has 0 saturated heterocycles. The van der Waals surface area contributed by atoms with Crippen LogP contribution in [-0.2, 0) is 6.54 Å². The number of anilines is 1. The number of rotatable bonds is 2. The molecule has 1 aromatic rings. The standard InChI is InChI=1S/C8H13N3.C2H6/c1-11(2)6-7-4-3-5-10-8(7)9;1-2/h3-5H,6H2,1-2H3,(H2,9,10);1-2H3. The molecule has 0 bridgehead atoms. The van der Waals surface area contributed by atoms with E-state index in [0.717, 1.165) is 12.1 Å². The third-order valence-electron chi connectivity index (χ3n) is 1.41. The van der Waals surface area contributed by atoms with Crippen molar-refractivity contribution in [1.29, 1.82) is 0 Å². The van der Waals surface area contributed by atoms with E-state index in [1.807, 2.05) is 40.1 Å². The van der Waals surface area contributed by atoms with Gasteiger partial charge in [-0.15, -0.1) is 0 Å². The Morgan fingerprint density at radius 1 is 1.38 bits per heavy atom. The van der Waals surface area contributed by atoms with Gasteiger partial charge in [0.1, 0.15) is 5.82 Å². The van der Waals surface area contributed by atoms with Crippen molar-refractivity contribution >= 4 is 5.82 Å². The summed E-state index contributed by atoms with van der Waals surface area (Å²) in [5.41, 5.74) is 6.71. The molecule has 0 fully saturated rings. The molecule has 74 valence electrons. The van der Waals surface area contributed by atoms with E-state index >= 15 is 0 Å². The van der Waals surface area contributed by atoms with Gasteiger partial charge < -0.3 is 10.6 Å². The third kappa shape index (κ3) is 4.48. The lowest BCUT2D eigenvalue weighted by Crippen LogP contribution is -2.12. The van der Waals surface area contributed by atoms with Crippen LogP contribution in [-0.4, -0.2) is 24.0 Å². The van der Waals surface area contributed by atoms with Crippen molar-refractivity contribution in [1.82, 2.24) is 9.88 Å². The molecular formula is C10H19N3. The summed E-state index contributed by atoms with van der Waals surface area (Å²) in [4.78, 5) is 6.05. The van der Waals surface area contributed by atoms with E-state index in [-0.39, 0.29) is 0 Å². The lowest BCUT2D eigenvalue weighted by Gasteiger charge is -2.10. The van der Waals surface area contributed by atoms with E-state index < -0.39 is 0 Å². The number of nitrogen functional groups attached to an aromatic ring is 1. The van der Waals surface area contributed by atoms with Crippen LogP contribution in [0.1, 0.15) is 19.4 Å². The second-order valence-corrected chi connectivity index (χ2v) is 2.79. The molecule has 2 N–H and O–H groups in total. The molecule has 0 spiro atoms. The first-order chi connectivity index (χ1) is 6.20. The number of pyridine rings is 1. The van der Waals surface area contributed by atoms with Crippen molar-refractivity contribution in [3.05, 3.63) is 23.9 Å². The molecule has 0 saturated carbocycles. The first-order valence-corrected chi connectivity index (χ1v) is 4.54. The summed E-state index contributed by atoms with van der Waals surface area (Å²) in [7, 11) is 4.01. The first-order valence-electron chi connectivity index (χ1n) is 4.54. The van der Waals surface area contributed by atoms with Crippen molar-refractivity contribution in [2.24, 2.45) is 0 Å². The normalized spacial score (nSPS) is 9.31. The fourth-order valence-electron chi connectivity index (χ4n) is 0.925. The van der Waals surface area contributed by atoms with E-state index in [1.165, 1.54) is 0 Å². The van der Waals surface area contributed by atoms with Crippen LogP contribution in [0, 0.1) is 0 Å². The highest BCUT2D eigenvalue weighted by Crippen LogP contribution is 2.07. The number of nitrogens with two attached hydrogens (primary N) is 1. The Morgan fingerprint density at radius 3 is 2.46 bits per heavy atom. The van der Waals surface area contributed by atoms with Gasteiger partial charge in [0.2, 0.25) is 0 Å². The van der Waals surface area contributed by atoms with Crippen molar-refractivity contribution in [3.8, 4) is 0 Å². The molecular weight excluding hydrogens is 162 g/mol. The zero-order valence-electron chi connectivity index (χ0n) is 8.91. The topological polar surface area (TPSA) is 42.2 Å². The molecule has 3 nitrogen and oxygen atoms in total. The van der Waals surface area contributed by atoms with Crippen LogP contribution in [0.2, 0.25) is 0 Å². The largest absolute Gasteiger partial charge is 0.383 e. The van der Waals surface area contributed by atoms with Crippen LogP contribution in [0.15, 0.2) is 18.3 Å². The van der Waals surface area contributed by atoms with Gasteiger partial charge in [-0.25, -0.2) is 4.98 Å². The Hall–Kier alpha value is -1.09. The number of hydrogen-bond donors (Lipinski definition) is 1. The fourth-order valence-corrected chi connectivity index (χ4v) is 0.925. The maximum Gasteiger partial charge on any atom is 0.127 e. The number of aromatic nitrogens is 1.